The van der Waals surface area contributed by atoms with Crippen molar-refractivity contribution >= 4 is 5.97 Å². The molecule has 1 fully saturated rings. The van der Waals surface area contributed by atoms with Gasteiger partial charge in [0.25, 0.3) is 0 Å². The Bertz CT molecular complexity index is 410. The minimum atomic E-state index is -0.857. The largest absolute Gasteiger partial charge is 0.480 e. The number of morpholine rings is 1. The molecule has 17 heavy (non-hydrogen) atoms. The van der Waals surface area contributed by atoms with Crippen molar-refractivity contribution in [3.63, 3.8) is 0 Å². The number of nitrogens with zero attached hydrogens (tertiary/aromatic N) is 1. The van der Waals surface area contributed by atoms with Crippen LogP contribution in [0.25, 0.3) is 0 Å². The summed E-state index contributed by atoms with van der Waals surface area (Å²) in [7, 11) is 0. The summed E-state index contributed by atoms with van der Waals surface area (Å²) in [6, 6.07) is 6.22. The number of carbonyl (C=O) groups is 1. The van der Waals surface area contributed by atoms with Crippen molar-refractivity contribution in [2.24, 2.45) is 0 Å². The first-order valence-electron chi connectivity index (χ1n) is 5.46. The summed E-state index contributed by atoms with van der Waals surface area (Å²) in [5, 5.41) is 8.72. The number of ether oxygens (including phenoxy) is 1. The summed E-state index contributed by atoms with van der Waals surface area (Å²) in [5.41, 5.74) is 0.750. The molecule has 2 rings (SSSR count). The Balaban J connectivity index is 2.04. The summed E-state index contributed by atoms with van der Waals surface area (Å²) in [6.07, 6.45) is -0.251. The normalized spacial score (nSPS) is 21.4. The SMILES string of the molecule is O=C(O)CN1CCO[C@@H](c2cccc(F)c2)C1. The zero-order chi connectivity index (χ0) is 12.3. The molecule has 1 heterocycles. The highest BCUT2D eigenvalue weighted by molar-refractivity contribution is 5.69. The highest BCUT2D eigenvalue weighted by atomic mass is 19.1. The Morgan fingerprint density at radius 1 is 1.59 bits per heavy atom. The van der Waals surface area contributed by atoms with Gasteiger partial charge >= 0.3 is 5.97 Å². The second kappa shape index (κ2) is 5.25. The Morgan fingerprint density at radius 3 is 3.12 bits per heavy atom. The first kappa shape index (κ1) is 12.0. The molecule has 1 saturated heterocycles. The first-order valence-corrected chi connectivity index (χ1v) is 5.46. The maximum Gasteiger partial charge on any atom is 0.317 e. The minimum absolute atomic E-state index is 0.00479. The third-order valence-electron chi connectivity index (χ3n) is 2.73. The van der Waals surface area contributed by atoms with E-state index in [1.165, 1.54) is 12.1 Å². The average Bonchev–Trinajstić information content (AvgIpc) is 2.28. The van der Waals surface area contributed by atoms with Crippen LogP contribution in [0.3, 0.4) is 0 Å². The van der Waals surface area contributed by atoms with Crippen LogP contribution in [0.2, 0.25) is 0 Å². The molecule has 92 valence electrons. The molecule has 0 bridgehead atoms. The van der Waals surface area contributed by atoms with Crippen molar-refractivity contribution in [2.75, 3.05) is 26.2 Å². The highest BCUT2D eigenvalue weighted by Gasteiger charge is 2.23. The lowest BCUT2D eigenvalue weighted by molar-refractivity contribution is -0.140. The summed E-state index contributed by atoms with van der Waals surface area (Å²) in [6.45, 7) is 1.54. The number of benzene rings is 1. The maximum absolute atomic E-state index is 13.1. The fraction of sp³-hybridized carbons (Fsp3) is 0.417. The molecular weight excluding hydrogens is 225 g/mol. The summed E-state index contributed by atoms with van der Waals surface area (Å²) < 4.78 is 18.6. The molecule has 5 heteroatoms. The summed E-state index contributed by atoms with van der Waals surface area (Å²) in [5.74, 6) is -1.16. The standard InChI is InChI=1S/C12H14FNO3/c13-10-3-1-2-9(6-10)11-7-14(4-5-17-11)8-12(15)16/h1-3,6,11H,4-5,7-8H2,(H,15,16)/t11-/m1/s1. The van der Waals surface area contributed by atoms with Gasteiger partial charge in [0.15, 0.2) is 0 Å². The van der Waals surface area contributed by atoms with Gasteiger partial charge in [-0.2, -0.15) is 0 Å². The van der Waals surface area contributed by atoms with Gasteiger partial charge < -0.3 is 9.84 Å². The molecule has 0 aliphatic carbocycles. The van der Waals surface area contributed by atoms with E-state index in [2.05, 4.69) is 0 Å². The number of halogens is 1. The van der Waals surface area contributed by atoms with Crippen LogP contribution in [0.4, 0.5) is 4.39 Å². The van der Waals surface area contributed by atoms with E-state index in [0.717, 1.165) is 5.56 Å². The van der Waals surface area contributed by atoms with Gasteiger partial charge in [0, 0.05) is 13.1 Å². The number of aliphatic carboxylic acids is 1. The van der Waals surface area contributed by atoms with E-state index in [-0.39, 0.29) is 18.5 Å². The van der Waals surface area contributed by atoms with Crippen molar-refractivity contribution in [2.45, 2.75) is 6.10 Å². The molecule has 1 atom stereocenters. The van der Waals surface area contributed by atoms with Crippen LogP contribution >= 0.6 is 0 Å². The van der Waals surface area contributed by atoms with Crippen LogP contribution in [0, 0.1) is 5.82 Å². The Hall–Kier alpha value is -1.46. The van der Waals surface area contributed by atoms with E-state index in [9.17, 15) is 9.18 Å². The van der Waals surface area contributed by atoms with E-state index in [0.29, 0.717) is 19.7 Å². The van der Waals surface area contributed by atoms with E-state index >= 15 is 0 Å². The van der Waals surface area contributed by atoms with E-state index in [1.807, 2.05) is 0 Å². The third kappa shape index (κ3) is 3.25. The average molecular weight is 239 g/mol. The predicted molar refractivity (Wildman–Crippen MR) is 59.2 cm³/mol. The fourth-order valence-electron chi connectivity index (χ4n) is 1.95. The minimum Gasteiger partial charge on any atom is -0.480 e. The fourth-order valence-corrected chi connectivity index (χ4v) is 1.95. The molecule has 1 aliphatic rings. The smallest absolute Gasteiger partial charge is 0.317 e. The quantitative estimate of drug-likeness (QED) is 0.863. The molecule has 1 aliphatic heterocycles. The van der Waals surface area contributed by atoms with E-state index in [1.54, 1.807) is 17.0 Å². The zero-order valence-corrected chi connectivity index (χ0v) is 9.30. The number of carboxylic acid groups (broad SMARTS) is 1. The van der Waals surface area contributed by atoms with Gasteiger partial charge in [0.05, 0.1) is 19.3 Å². The van der Waals surface area contributed by atoms with Crippen molar-refractivity contribution in [1.82, 2.24) is 4.90 Å². The number of hydrogen-bond acceptors (Lipinski definition) is 3. The molecule has 1 N–H and O–H groups in total. The van der Waals surface area contributed by atoms with Gasteiger partial charge in [0.2, 0.25) is 0 Å². The maximum atomic E-state index is 13.1. The van der Waals surface area contributed by atoms with Gasteiger partial charge in [-0.1, -0.05) is 12.1 Å². The van der Waals surface area contributed by atoms with E-state index in [4.69, 9.17) is 9.84 Å². The molecule has 0 aromatic heterocycles. The molecule has 0 radical (unpaired) electrons. The zero-order valence-electron chi connectivity index (χ0n) is 9.30. The van der Waals surface area contributed by atoms with Crippen LogP contribution in [-0.4, -0.2) is 42.2 Å². The van der Waals surface area contributed by atoms with Crippen LogP contribution in [0.5, 0.6) is 0 Å². The van der Waals surface area contributed by atoms with Crippen molar-refractivity contribution in [3.8, 4) is 0 Å². The van der Waals surface area contributed by atoms with Crippen LogP contribution < -0.4 is 0 Å². The molecule has 0 unspecified atom stereocenters. The van der Waals surface area contributed by atoms with E-state index < -0.39 is 5.97 Å². The summed E-state index contributed by atoms with van der Waals surface area (Å²) in [4.78, 5) is 12.4. The van der Waals surface area contributed by atoms with Crippen molar-refractivity contribution < 1.29 is 19.0 Å². The number of hydrogen-bond donors (Lipinski definition) is 1. The lowest BCUT2D eigenvalue weighted by Crippen LogP contribution is -2.41. The highest BCUT2D eigenvalue weighted by Crippen LogP contribution is 2.22. The number of carboxylic acids is 1. The Labute approximate surface area is 98.6 Å². The van der Waals surface area contributed by atoms with Crippen LogP contribution in [0.1, 0.15) is 11.7 Å². The molecule has 0 amide bonds. The summed E-state index contributed by atoms with van der Waals surface area (Å²) >= 11 is 0. The number of rotatable bonds is 3. The van der Waals surface area contributed by atoms with Gasteiger partial charge in [-0.3, -0.25) is 9.69 Å². The van der Waals surface area contributed by atoms with Crippen LogP contribution in [0.15, 0.2) is 24.3 Å². The Morgan fingerprint density at radius 2 is 2.41 bits per heavy atom. The molecule has 1 aromatic carbocycles. The lowest BCUT2D eigenvalue weighted by Gasteiger charge is -2.32. The van der Waals surface area contributed by atoms with Gasteiger partial charge in [-0.25, -0.2) is 4.39 Å². The first-order chi connectivity index (χ1) is 8.15. The second-order valence-electron chi connectivity index (χ2n) is 4.04. The predicted octanol–water partition coefficient (Wildman–Crippen LogP) is 1.28. The van der Waals surface area contributed by atoms with Gasteiger partial charge in [-0.15, -0.1) is 0 Å². The Kier molecular flexibility index (Phi) is 3.71. The van der Waals surface area contributed by atoms with Crippen molar-refractivity contribution in [3.05, 3.63) is 35.6 Å². The van der Waals surface area contributed by atoms with Gasteiger partial charge in [0.1, 0.15) is 5.82 Å². The third-order valence-corrected chi connectivity index (χ3v) is 2.73. The molecule has 0 saturated carbocycles. The van der Waals surface area contributed by atoms with Crippen molar-refractivity contribution in [1.29, 1.82) is 0 Å². The molecular formula is C12H14FNO3. The molecule has 1 aromatic rings. The van der Waals surface area contributed by atoms with Crippen LogP contribution in [-0.2, 0) is 9.53 Å². The second-order valence-corrected chi connectivity index (χ2v) is 4.04. The monoisotopic (exact) mass is 239 g/mol. The van der Waals surface area contributed by atoms with Gasteiger partial charge in [-0.05, 0) is 17.7 Å². The topological polar surface area (TPSA) is 49.8 Å². The lowest BCUT2D eigenvalue weighted by atomic mass is 10.1. The molecule has 0 spiro atoms. The molecule has 4 nitrogen and oxygen atoms in total.